The number of rotatable bonds is 1. The van der Waals surface area contributed by atoms with Gasteiger partial charge in [0.05, 0.1) is 10.6 Å². The Bertz CT molecular complexity index is 461. The number of halogens is 3. The number of anilines is 1. The number of likely N-dealkylation sites (tertiary alicyclic amines) is 1. The fourth-order valence-electron chi connectivity index (χ4n) is 1.76. The molecule has 2 amide bonds. The van der Waals surface area contributed by atoms with E-state index in [1.54, 1.807) is 0 Å². The van der Waals surface area contributed by atoms with Gasteiger partial charge in [-0.3, -0.25) is 0 Å². The lowest BCUT2D eigenvalue weighted by Gasteiger charge is -2.16. The van der Waals surface area contributed by atoms with Gasteiger partial charge in [0, 0.05) is 18.8 Å². The summed E-state index contributed by atoms with van der Waals surface area (Å²) in [6, 6.07) is 1.57. The summed E-state index contributed by atoms with van der Waals surface area (Å²) in [5.74, 6) is -1.57. The third-order valence-corrected chi connectivity index (χ3v) is 3.44. The van der Waals surface area contributed by atoms with E-state index in [9.17, 15) is 18.7 Å². The molecule has 1 heterocycles. The molecule has 2 rings (SSSR count). The van der Waals surface area contributed by atoms with Crippen LogP contribution >= 0.6 is 15.9 Å². The fraction of sp³-hybridized carbons (Fsp3) is 0.364. The minimum Gasteiger partial charge on any atom is -0.391 e. The van der Waals surface area contributed by atoms with Gasteiger partial charge in [-0.25, -0.2) is 13.6 Å². The number of amides is 2. The molecule has 0 aliphatic carbocycles. The highest BCUT2D eigenvalue weighted by atomic mass is 79.9. The molecule has 7 heteroatoms. The van der Waals surface area contributed by atoms with E-state index in [4.69, 9.17) is 0 Å². The number of hydrogen-bond donors (Lipinski definition) is 2. The summed E-state index contributed by atoms with van der Waals surface area (Å²) in [4.78, 5) is 13.1. The van der Waals surface area contributed by atoms with Crippen molar-refractivity contribution in [2.75, 3.05) is 18.4 Å². The van der Waals surface area contributed by atoms with E-state index in [2.05, 4.69) is 21.2 Å². The summed E-state index contributed by atoms with van der Waals surface area (Å²) in [6.07, 6.45) is -0.0228. The van der Waals surface area contributed by atoms with E-state index in [1.807, 2.05) is 0 Å². The second-order valence-electron chi connectivity index (χ2n) is 4.07. The van der Waals surface area contributed by atoms with Gasteiger partial charge in [-0.15, -0.1) is 0 Å². The SMILES string of the molecule is O=C(Nc1cc(F)c(Br)c(F)c1)N1CC[C@H](O)C1. The van der Waals surface area contributed by atoms with Crippen molar-refractivity contribution >= 4 is 27.6 Å². The first-order chi connectivity index (χ1) is 8.47. The smallest absolute Gasteiger partial charge is 0.321 e. The molecular weight excluding hydrogens is 310 g/mol. The molecule has 1 aliphatic heterocycles. The Labute approximate surface area is 111 Å². The van der Waals surface area contributed by atoms with Gasteiger partial charge in [-0.2, -0.15) is 0 Å². The minimum absolute atomic E-state index is 0.0413. The zero-order valence-electron chi connectivity index (χ0n) is 9.29. The second-order valence-corrected chi connectivity index (χ2v) is 4.87. The van der Waals surface area contributed by atoms with Crippen molar-refractivity contribution in [3.8, 4) is 0 Å². The monoisotopic (exact) mass is 320 g/mol. The Balaban J connectivity index is 2.07. The molecular formula is C11H11BrF2N2O2. The Morgan fingerprint density at radius 3 is 2.56 bits per heavy atom. The van der Waals surface area contributed by atoms with Crippen molar-refractivity contribution in [2.24, 2.45) is 0 Å². The molecule has 1 fully saturated rings. The number of nitrogens with one attached hydrogen (secondary N) is 1. The first-order valence-electron chi connectivity index (χ1n) is 5.36. The summed E-state index contributed by atoms with van der Waals surface area (Å²) < 4.78 is 26.2. The van der Waals surface area contributed by atoms with Crippen LogP contribution in [0.25, 0.3) is 0 Å². The van der Waals surface area contributed by atoms with E-state index in [0.717, 1.165) is 12.1 Å². The third-order valence-electron chi connectivity index (χ3n) is 2.69. The van der Waals surface area contributed by atoms with E-state index in [0.29, 0.717) is 13.0 Å². The minimum atomic E-state index is -0.785. The van der Waals surface area contributed by atoms with Crippen molar-refractivity contribution in [3.63, 3.8) is 0 Å². The van der Waals surface area contributed by atoms with Gasteiger partial charge in [0.2, 0.25) is 0 Å². The lowest BCUT2D eigenvalue weighted by molar-refractivity contribution is 0.176. The van der Waals surface area contributed by atoms with Gasteiger partial charge in [0.25, 0.3) is 0 Å². The average molecular weight is 321 g/mol. The van der Waals surface area contributed by atoms with E-state index < -0.39 is 23.8 Å². The molecule has 4 nitrogen and oxygen atoms in total. The quantitative estimate of drug-likeness (QED) is 0.780. The van der Waals surface area contributed by atoms with Crippen LogP contribution in [0.2, 0.25) is 0 Å². The largest absolute Gasteiger partial charge is 0.391 e. The summed E-state index contributed by atoms with van der Waals surface area (Å²) in [5.41, 5.74) is 0.0413. The van der Waals surface area contributed by atoms with Crippen molar-refractivity contribution in [1.29, 1.82) is 0 Å². The zero-order valence-corrected chi connectivity index (χ0v) is 10.9. The van der Waals surface area contributed by atoms with E-state index >= 15 is 0 Å². The number of carbonyl (C=O) groups excluding carboxylic acids is 1. The van der Waals surface area contributed by atoms with Crippen LogP contribution in [0.15, 0.2) is 16.6 Å². The van der Waals surface area contributed by atoms with Crippen LogP contribution in [0.4, 0.5) is 19.3 Å². The molecule has 98 valence electrons. The maximum atomic E-state index is 13.2. The lowest BCUT2D eigenvalue weighted by atomic mass is 10.3. The summed E-state index contributed by atoms with van der Waals surface area (Å²) in [5, 5.41) is 11.7. The van der Waals surface area contributed by atoms with Gasteiger partial charge in [0.15, 0.2) is 0 Å². The summed E-state index contributed by atoms with van der Waals surface area (Å²) in [6.45, 7) is 0.655. The number of benzene rings is 1. The Hall–Kier alpha value is -1.21. The third kappa shape index (κ3) is 2.78. The highest BCUT2D eigenvalue weighted by Crippen LogP contribution is 2.24. The number of nitrogens with zero attached hydrogens (tertiary/aromatic N) is 1. The van der Waals surface area contributed by atoms with Crippen LogP contribution in [0.5, 0.6) is 0 Å². The standard InChI is InChI=1S/C11H11BrF2N2O2/c12-10-8(13)3-6(4-9(10)14)15-11(18)16-2-1-7(17)5-16/h3-4,7,17H,1-2,5H2,(H,15,18)/t7-/m0/s1. The number of β-amino-alcohol motifs (C(OH)–C–C–N with tert-alkyl or cyclic N) is 1. The molecule has 0 spiro atoms. The lowest BCUT2D eigenvalue weighted by Crippen LogP contribution is -2.33. The molecule has 0 saturated carbocycles. The Morgan fingerprint density at radius 1 is 1.44 bits per heavy atom. The fourth-order valence-corrected chi connectivity index (χ4v) is 1.99. The topological polar surface area (TPSA) is 52.6 Å². The van der Waals surface area contributed by atoms with Gasteiger partial charge < -0.3 is 15.3 Å². The molecule has 0 aromatic heterocycles. The van der Waals surface area contributed by atoms with Gasteiger partial charge >= 0.3 is 6.03 Å². The van der Waals surface area contributed by atoms with Crippen LogP contribution < -0.4 is 5.32 Å². The van der Waals surface area contributed by atoms with Crippen molar-refractivity contribution in [3.05, 3.63) is 28.2 Å². The maximum Gasteiger partial charge on any atom is 0.321 e. The van der Waals surface area contributed by atoms with Crippen molar-refractivity contribution < 1.29 is 18.7 Å². The zero-order chi connectivity index (χ0) is 13.3. The van der Waals surface area contributed by atoms with Crippen molar-refractivity contribution in [1.82, 2.24) is 4.90 Å². The summed E-state index contributed by atoms with van der Waals surface area (Å²) >= 11 is 2.75. The van der Waals surface area contributed by atoms with Crippen LogP contribution in [0, 0.1) is 11.6 Å². The van der Waals surface area contributed by atoms with Crippen molar-refractivity contribution in [2.45, 2.75) is 12.5 Å². The number of hydrogen-bond acceptors (Lipinski definition) is 2. The maximum absolute atomic E-state index is 13.2. The Kier molecular flexibility index (Phi) is 3.82. The van der Waals surface area contributed by atoms with E-state index in [1.165, 1.54) is 4.90 Å². The Morgan fingerprint density at radius 2 is 2.06 bits per heavy atom. The molecule has 0 radical (unpaired) electrons. The highest BCUT2D eigenvalue weighted by molar-refractivity contribution is 9.10. The molecule has 1 aromatic carbocycles. The van der Waals surface area contributed by atoms with Crippen LogP contribution in [0.1, 0.15) is 6.42 Å². The van der Waals surface area contributed by atoms with E-state index in [-0.39, 0.29) is 16.7 Å². The molecule has 0 unspecified atom stereocenters. The first kappa shape index (κ1) is 13.2. The number of carbonyl (C=O) groups is 1. The van der Waals surface area contributed by atoms with Crippen LogP contribution in [-0.2, 0) is 0 Å². The van der Waals surface area contributed by atoms with Gasteiger partial charge in [-0.1, -0.05) is 0 Å². The van der Waals surface area contributed by atoms with Gasteiger partial charge in [-0.05, 0) is 34.5 Å². The average Bonchev–Trinajstić information content (AvgIpc) is 2.72. The van der Waals surface area contributed by atoms with Crippen LogP contribution in [-0.4, -0.2) is 35.2 Å². The summed E-state index contributed by atoms with van der Waals surface area (Å²) in [7, 11) is 0. The molecule has 1 saturated heterocycles. The van der Waals surface area contributed by atoms with Crippen LogP contribution in [0.3, 0.4) is 0 Å². The predicted octanol–water partition coefficient (Wildman–Crippen LogP) is 2.33. The molecule has 18 heavy (non-hydrogen) atoms. The number of aliphatic hydroxyl groups is 1. The molecule has 1 atom stereocenters. The molecule has 0 bridgehead atoms. The number of urea groups is 1. The highest BCUT2D eigenvalue weighted by Gasteiger charge is 2.24. The molecule has 2 N–H and O–H groups in total. The van der Waals surface area contributed by atoms with Gasteiger partial charge in [0.1, 0.15) is 11.6 Å². The predicted molar refractivity (Wildman–Crippen MR) is 65.3 cm³/mol. The molecule has 1 aromatic rings. The second kappa shape index (κ2) is 5.19. The first-order valence-corrected chi connectivity index (χ1v) is 6.15. The number of aliphatic hydroxyl groups excluding tert-OH is 1. The normalized spacial score (nSPS) is 19.1. The molecule has 1 aliphatic rings.